The fourth-order valence-corrected chi connectivity index (χ4v) is 5.92. The Morgan fingerprint density at radius 1 is 0.935 bits per heavy atom. The summed E-state index contributed by atoms with van der Waals surface area (Å²) in [5.74, 6) is 7.76. The van der Waals surface area contributed by atoms with Crippen LogP contribution in [0.2, 0.25) is 0 Å². The molecule has 46 heavy (non-hydrogen) atoms. The third-order valence-corrected chi connectivity index (χ3v) is 9.55. The summed E-state index contributed by atoms with van der Waals surface area (Å²) >= 11 is 0. The van der Waals surface area contributed by atoms with Crippen molar-refractivity contribution in [3.8, 4) is 23.1 Å². The molecule has 12 heteroatoms. The van der Waals surface area contributed by atoms with Gasteiger partial charge in [-0.15, -0.1) is 0 Å². The van der Waals surface area contributed by atoms with Gasteiger partial charge in [-0.25, -0.2) is 23.1 Å². The Morgan fingerprint density at radius 3 is 2.41 bits per heavy atom. The van der Waals surface area contributed by atoms with E-state index >= 15 is 0 Å². The lowest BCUT2D eigenvalue weighted by Crippen LogP contribution is -2.29. The van der Waals surface area contributed by atoms with Gasteiger partial charge in [0.25, 0.3) is 0 Å². The fraction of sp³-hybridized carbons (Fsp3) is 0.324. The number of aliphatic hydroxyl groups excluding tert-OH is 1. The largest absolute Gasteiger partial charge is 0.393 e. The van der Waals surface area contributed by atoms with E-state index < -0.39 is 10.0 Å². The average molecular weight is 638 g/mol. The highest BCUT2D eigenvalue weighted by Crippen LogP contribution is 2.33. The predicted octanol–water partition coefficient (Wildman–Crippen LogP) is 4.68. The molecule has 0 aliphatic heterocycles. The van der Waals surface area contributed by atoms with Crippen LogP contribution in [0.25, 0.3) is 11.3 Å². The molecule has 1 aromatic carbocycles. The number of nitrogens with zero attached hydrogens (tertiary/aromatic N) is 4. The molecule has 2 fully saturated rings. The number of Topliss-reactive ketones (excluding diaryl/α,β-unsaturated/α-hetero) is 1. The first-order chi connectivity index (χ1) is 22.3. The lowest BCUT2D eigenvalue weighted by atomic mass is 9.93. The highest BCUT2D eigenvalue weighted by atomic mass is 32.2. The quantitative estimate of drug-likeness (QED) is 0.142. The van der Waals surface area contributed by atoms with Crippen LogP contribution in [-0.2, 0) is 10.0 Å². The van der Waals surface area contributed by atoms with E-state index in [-0.39, 0.29) is 22.8 Å². The van der Waals surface area contributed by atoms with Crippen molar-refractivity contribution in [3.05, 3.63) is 83.9 Å². The van der Waals surface area contributed by atoms with Crippen LogP contribution in [-0.4, -0.2) is 58.4 Å². The van der Waals surface area contributed by atoms with Gasteiger partial charge in [0.15, 0.2) is 5.78 Å². The molecule has 4 aromatic rings. The number of carbonyl (C=O) groups excluding carboxylic acids is 1. The number of aliphatic hydroxyl groups is 1. The zero-order valence-corrected chi connectivity index (χ0v) is 26.2. The summed E-state index contributed by atoms with van der Waals surface area (Å²) in [6.07, 6.45) is 10.1. The van der Waals surface area contributed by atoms with E-state index in [0.29, 0.717) is 59.5 Å². The second-order valence-corrected chi connectivity index (χ2v) is 13.5. The first kappa shape index (κ1) is 31.3. The lowest BCUT2D eigenvalue weighted by molar-refractivity contribution is 0.0976. The van der Waals surface area contributed by atoms with Gasteiger partial charge < -0.3 is 15.7 Å². The Balaban J connectivity index is 1.18. The summed E-state index contributed by atoms with van der Waals surface area (Å²) in [5.41, 5.74) is 3.90. The number of sulfonamides is 1. The highest BCUT2D eigenvalue weighted by Gasteiger charge is 2.25. The molecule has 0 bridgehead atoms. The summed E-state index contributed by atoms with van der Waals surface area (Å²) in [4.78, 5) is 30.5. The van der Waals surface area contributed by atoms with Crippen LogP contribution in [0.5, 0.6) is 0 Å². The van der Waals surface area contributed by atoms with Gasteiger partial charge in [0.1, 0.15) is 16.4 Å². The maximum Gasteiger partial charge on any atom is 0.241 e. The summed E-state index contributed by atoms with van der Waals surface area (Å²) in [7, 11) is -2.27. The number of benzene rings is 1. The number of nitrogens with one attached hydrogen (secondary N) is 3. The Hall–Kier alpha value is -4.70. The molecular weight excluding hydrogens is 602 g/mol. The zero-order chi connectivity index (χ0) is 32.1. The number of anilines is 3. The van der Waals surface area contributed by atoms with E-state index in [1.807, 2.05) is 24.3 Å². The van der Waals surface area contributed by atoms with E-state index in [2.05, 4.69) is 42.1 Å². The van der Waals surface area contributed by atoms with Gasteiger partial charge in [-0.3, -0.25) is 9.78 Å². The first-order valence-electron chi connectivity index (χ1n) is 15.4. The van der Waals surface area contributed by atoms with Crippen molar-refractivity contribution >= 4 is 33.3 Å². The molecule has 236 valence electrons. The van der Waals surface area contributed by atoms with E-state index in [1.165, 1.54) is 19.3 Å². The van der Waals surface area contributed by atoms with Crippen LogP contribution < -0.4 is 15.4 Å². The SMILES string of the molecule is CNS(=O)(=O)c1ccc(-c2cnc(Nc3ccc(C#Cc4cc(C(=O)CC5CC5)ccn4)cc3)nc2NC2CCC(O)CC2)nc1. The van der Waals surface area contributed by atoms with Crippen molar-refractivity contribution in [2.75, 3.05) is 17.7 Å². The molecule has 0 unspecified atom stereocenters. The molecule has 0 saturated heterocycles. The molecule has 6 rings (SSSR count). The Kier molecular flexibility index (Phi) is 9.35. The predicted molar refractivity (Wildman–Crippen MR) is 175 cm³/mol. The van der Waals surface area contributed by atoms with Crippen molar-refractivity contribution in [1.82, 2.24) is 24.7 Å². The van der Waals surface area contributed by atoms with Gasteiger partial charge >= 0.3 is 0 Å². The van der Waals surface area contributed by atoms with Crippen LogP contribution in [0.15, 0.2) is 72.0 Å². The minimum absolute atomic E-state index is 0.0608. The molecule has 3 aromatic heterocycles. The van der Waals surface area contributed by atoms with Gasteiger partial charge in [-0.1, -0.05) is 5.92 Å². The van der Waals surface area contributed by atoms with Crippen LogP contribution in [0.4, 0.5) is 17.5 Å². The summed E-state index contributed by atoms with van der Waals surface area (Å²) < 4.78 is 26.6. The molecule has 0 amide bonds. The van der Waals surface area contributed by atoms with Gasteiger partial charge in [-0.05, 0) is 106 Å². The Labute approximate surface area is 268 Å². The number of hydrogen-bond donors (Lipinski definition) is 4. The molecule has 2 aliphatic carbocycles. The first-order valence-corrected chi connectivity index (χ1v) is 16.8. The molecule has 4 N–H and O–H groups in total. The average Bonchev–Trinajstić information content (AvgIpc) is 3.90. The smallest absolute Gasteiger partial charge is 0.241 e. The summed E-state index contributed by atoms with van der Waals surface area (Å²) in [6, 6.07) is 14.2. The topological polar surface area (TPSA) is 159 Å². The van der Waals surface area contributed by atoms with E-state index in [1.54, 1.807) is 30.6 Å². The highest BCUT2D eigenvalue weighted by molar-refractivity contribution is 7.89. The molecule has 0 radical (unpaired) electrons. The third-order valence-electron chi connectivity index (χ3n) is 8.15. The number of carbonyl (C=O) groups is 1. The molecule has 0 spiro atoms. The monoisotopic (exact) mass is 637 g/mol. The van der Waals surface area contributed by atoms with E-state index in [0.717, 1.165) is 36.9 Å². The van der Waals surface area contributed by atoms with E-state index in [9.17, 15) is 18.3 Å². The third kappa shape index (κ3) is 7.92. The summed E-state index contributed by atoms with van der Waals surface area (Å²) in [5, 5.41) is 16.7. The van der Waals surface area contributed by atoms with Crippen molar-refractivity contribution in [3.63, 3.8) is 0 Å². The molecule has 11 nitrogen and oxygen atoms in total. The minimum Gasteiger partial charge on any atom is -0.393 e. The van der Waals surface area contributed by atoms with Crippen LogP contribution in [0.3, 0.4) is 0 Å². The van der Waals surface area contributed by atoms with Crippen LogP contribution >= 0.6 is 0 Å². The number of rotatable bonds is 10. The molecule has 2 saturated carbocycles. The second kappa shape index (κ2) is 13.7. The number of aromatic nitrogens is 4. The van der Waals surface area contributed by atoms with Gasteiger partial charge in [0, 0.05) is 47.9 Å². The molecule has 2 aliphatic rings. The Morgan fingerprint density at radius 2 is 1.72 bits per heavy atom. The lowest BCUT2D eigenvalue weighted by Gasteiger charge is -2.27. The molecular formula is C34H35N7O4S. The number of pyridine rings is 2. The maximum atomic E-state index is 12.5. The van der Waals surface area contributed by atoms with Gasteiger partial charge in [0.2, 0.25) is 16.0 Å². The van der Waals surface area contributed by atoms with Gasteiger partial charge in [-0.2, -0.15) is 4.98 Å². The minimum atomic E-state index is -3.62. The standard InChI is InChI=1S/C34H35N7O4S/c1-35-46(44,45)29-14-15-31(37-20-29)30-21-38-34(41-33(30)39-25-10-12-28(42)13-11-25)40-26-7-4-22(5-8-26)6-9-27-19-24(16-17-36-27)32(43)18-23-2-3-23/h4-5,7-8,14-17,19-21,23,25,28,35,42H,2-3,10-13,18H2,1H3,(H2,38,39,40,41). The number of hydrogen-bond acceptors (Lipinski definition) is 10. The second-order valence-electron chi connectivity index (χ2n) is 11.6. The fourth-order valence-electron chi connectivity index (χ4n) is 5.25. The van der Waals surface area contributed by atoms with Crippen LogP contribution in [0.1, 0.15) is 66.6 Å². The molecule has 0 atom stereocenters. The van der Waals surface area contributed by atoms with Crippen LogP contribution in [0, 0.1) is 17.8 Å². The van der Waals surface area contributed by atoms with E-state index in [4.69, 9.17) is 4.98 Å². The van der Waals surface area contributed by atoms with Crippen molar-refractivity contribution in [2.45, 2.75) is 62.0 Å². The molecule has 3 heterocycles. The summed E-state index contributed by atoms with van der Waals surface area (Å²) in [6.45, 7) is 0. The Bertz CT molecular complexity index is 1880. The normalized spacial score (nSPS) is 17.9. The maximum absolute atomic E-state index is 12.5. The van der Waals surface area contributed by atoms with Crippen molar-refractivity contribution in [1.29, 1.82) is 0 Å². The number of ketones is 1. The van der Waals surface area contributed by atoms with Crippen molar-refractivity contribution in [2.24, 2.45) is 5.92 Å². The zero-order valence-electron chi connectivity index (χ0n) is 25.4. The van der Waals surface area contributed by atoms with Gasteiger partial charge in [0.05, 0.1) is 17.4 Å². The van der Waals surface area contributed by atoms with Crippen molar-refractivity contribution < 1.29 is 18.3 Å².